The summed E-state index contributed by atoms with van der Waals surface area (Å²) in [4.78, 5) is 16.9. The zero-order chi connectivity index (χ0) is 10.8. The van der Waals surface area contributed by atoms with Crippen LogP contribution in [0.4, 0.5) is 10.5 Å². The summed E-state index contributed by atoms with van der Waals surface area (Å²) in [6.45, 7) is 0. The van der Waals surface area contributed by atoms with Gasteiger partial charge in [0.25, 0.3) is 0 Å². The first-order chi connectivity index (χ1) is 7.22. The lowest BCUT2D eigenvalue weighted by Gasteiger charge is -2.15. The van der Waals surface area contributed by atoms with Crippen LogP contribution >= 0.6 is 0 Å². The normalized spacial score (nSPS) is 10.3. The molecule has 0 fully saturated rings. The highest BCUT2D eigenvalue weighted by Crippen LogP contribution is 2.20. The number of urea groups is 1. The largest absolute Gasteiger partial charge is 0.443 e. The van der Waals surface area contributed by atoms with Gasteiger partial charge in [0.2, 0.25) is 0 Å². The zero-order valence-corrected chi connectivity index (χ0v) is 8.52. The first-order valence-electron chi connectivity index (χ1n) is 4.51. The highest BCUT2D eigenvalue weighted by molar-refractivity contribution is 5.93. The van der Waals surface area contributed by atoms with Gasteiger partial charge in [-0.05, 0) is 12.1 Å². The van der Waals surface area contributed by atoms with Crippen molar-refractivity contribution in [3.8, 4) is 0 Å². The molecule has 2 amide bonds. The molecular formula is C10H11N3O2. The lowest BCUT2D eigenvalue weighted by molar-refractivity contribution is 0.249. The van der Waals surface area contributed by atoms with Gasteiger partial charge in [-0.15, -0.1) is 0 Å². The van der Waals surface area contributed by atoms with E-state index in [2.05, 4.69) is 10.3 Å². The Morgan fingerprint density at radius 1 is 1.53 bits per heavy atom. The number of oxazole rings is 1. The SMILES string of the molecule is CNC(=O)N(C)c1ccc2ncoc2c1. The molecule has 0 aliphatic rings. The molecule has 1 N–H and O–H groups in total. The Hall–Kier alpha value is -2.04. The number of hydrogen-bond acceptors (Lipinski definition) is 3. The zero-order valence-electron chi connectivity index (χ0n) is 8.52. The number of amides is 2. The van der Waals surface area contributed by atoms with Gasteiger partial charge in [-0.3, -0.25) is 4.90 Å². The van der Waals surface area contributed by atoms with Gasteiger partial charge in [0, 0.05) is 25.8 Å². The van der Waals surface area contributed by atoms with Crippen molar-refractivity contribution >= 4 is 22.8 Å². The summed E-state index contributed by atoms with van der Waals surface area (Å²) < 4.78 is 5.15. The third kappa shape index (κ3) is 1.63. The van der Waals surface area contributed by atoms with Crippen molar-refractivity contribution in [2.24, 2.45) is 0 Å². The number of hydrogen-bond donors (Lipinski definition) is 1. The van der Waals surface area contributed by atoms with E-state index in [0.29, 0.717) is 5.58 Å². The van der Waals surface area contributed by atoms with Crippen LogP contribution in [0.1, 0.15) is 0 Å². The molecule has 0 saturated carbocycles. The first-order valence-corrected chi connectivity index (χ1v) is 4.51. The van der Waals surface area contributed by atoms with E-state index in [-0.39, 0.29) is 6.03 Å². The Morgan fingerprint density at radius 3 is 3.07 bits per heavy atom. The Bertz CT molecular complexity index is 492. The van der Waals surface area contributed by atoms with Crippen LogP contribution in [0.2, 0.25) is 0 Å². The van der Waals surface area contributed by atoms with Gasteiger partial charge in [0.15, 0.2) is 12.0 Å². The molecule has 0 bridgehead atoms. The fourth-order valence-corrected chi connectivity index (χ4v) is 1.34. The highest BCUT2D eigenvalue weighted by Gasteiger charge is 2.09. The second kappa shape index (κ2) is 3.61. The number of carbonyl (C=O) groups is 1. The Balaban J connectivity index is 2.39. The molecule has 0 spiro atoms. The van der Waals surface area contributed by atoms with Crippen LogP contribution in [0, 0.1) is 0 Å². The van der Waals surface area contributed by atoms with Gasteiger partial charge in [0.05, 0.1) is 0 Å². The van der Waals surface area contributed by atoms with Crippen molar-refractivity contribution in [3.05, 3.63) is 24.6 Å². The van der Waals surface area contributed by atoms with Crippen molar-refractivity contribution in [2.45, 2.75) is 0 Å². The maximum Gasteiger partial charge on any atom is 0.321 e. The summed E-state index contributed by atoms with van der Waals surface area (Å²) in [5, 5.41) is 2.55. The van der Waals surface area contributed by atoms with Crippen LogP contribution in [0.25, 0.3) is 11.1 Å². The van der Waals surface area contributed by atoms with Crippen LogP contribution < -0.4 is 10.2 Å². The molecule has 1 heterocycles. The number of nitrogens with zero attached hydrogens (tertiary/aromatic N) is 2. The quantitative estimate of drug-likeness (QED) is 0.769. The molecular weight excluding hydrogens is 194 g/mol. The molecule has 0 atom stereocenters. The molecule has 5 nitrogen and oxygen atoms in total. The number of anilines is 1. The predicted octanol–water partition coefficient (Wildman–Crippen LogP) is 1.60. The van der Waals surface area contributed by atoms with Crippen LogP contribution in [-0.4, -0.2) is 25.1 Å². The number of carbonyl (C=O) groups excluding carboxylic acids is 1. The molecule has 0 aliphatic carbocycles. The van der Waals surface area contributed by atoms with E-state index in [9.17, 15) is 4.79 Å². The first kappa shape index (κ1) is 9.51. The van der Waals surface area contributed by atoms with E-state index < -0.39 is 0 Å². The smallest absolute Gasteiger partial charge is 0.321 e. The van der Waals surface area contributed by atoms with E-state index in [0.717, 1.165) is 11.2 Å². The number of aromatic nitrogens is 1. The number of benzene rings is 1. The number of nitrogens with one attached hydrogen (secondary N) is 1. The molecule has 2 rings (SSSR count). The van der Waals surface area contributed by atoms with Gasteiger partial charge in [-0.2, -0.15) is 0 Å². The van der Waals surface area contributed by atoms with Gasteiger partial charge in [-0.1, -0.05) is 0 Å². The number of fused-ring (bicyclic) bond motifs is 1. The third-order valence-corrected chi connectivity index (χ3v) is 2.22. The van der Waals surface area contributed by atoms with Crippen molar-refractivity contribution < 1.29 is 9.21 Å². The lowest BCUT2D eigenvalue weighted by atomic mass is 10.3. The topological polar surface area (TPSA) is 58.4 Å². The van der Waals surface area contributed by atoms with Crippen molar-refractivity contribution in [2.75, 3.05) is 19.0 Å². The summed E-state index contributed by atoms with van der Waals surface area (Å²) in [5.41, 5.74) is 2.21. The average molecular weight is 205 g/mol. The van der Waals surface area contributed by atoms with E-state index >= 15 is 0 Å². The molecule has 0 aliphatic heterocycles. The molecule has 0 radical (unpaired) electrons. The van der Waals surface area contributed by atoms with E-state index in [4.69, 9.17) is 4.42 Å². The Labute approximate surface area is 86.7 Å². The van der Waals surface area contributed by atoms with Crippen LogP contribution in [0.15, 0.2) is 29.0 Å². The summed E-state index contributed by atoms with van der Waals surface area (Å²) in [5.74, 6) is 0. The molecule has 0 saturated heterocycles. The van der Waals surface area contributed by atoms with Gasteiger partial charge in [0.1, 0.15) is 5.52 Å². The summed E-state index contributed by atoms with van der Waals surface area (Å²) in [6.07, 6.45) is 1.38. The summed E-state index contributed by atoms with van der Waals surface area (Å²) in [7, 11) is 3.28. The fraction of sp³-hybridized carbons (Fsp3) is 0.200. The monoisotopic (exact) mass is 205 g/mol. The second-order valence-corrected chi connectivity index (χ2v) is 3.12. The number of rotatable bonds is 1. The van der Waals surface area contributed by atoms with Crippen molar-refractivity contribution in [3.63, 3.8) is 0 Å². The van der Waals surface area contributed by atoms with Gasteiger partial charge in [-0.25, -0.2) is 9.78 Å². The van der Waals surface area contributed by atoms with Crippen LogP contribution in [-0.2, 0) is 0 Å². The molecule has 5 heteroatoms. The molecule has 15 heavy (non-hydrogen) atoms. The molecule has 0 unspecified atom stereocenters. The molecule has 1 aromatic carbocycles. The van der Waals surface area contributed by atoms with Crippen LogP contribution in [0.3, 0.4) is 0 Å². The van der Waals surface area contributed by atoms with Crippen molar-refractivity contribution in [1.82, 2.24) is 10.3 Å². The molecule has 1 aromatic heterocycles. The third-order valence-electron chi connectivity index (χ3n) is 2.22. The summed E-state index contributed by atoms with van der Waals surface area (Å²) in [6, 6.07) is 5.24. The lowest BCUT2D eigenvalue weighted by Crippen LogP contribution is -2.34. The van der Waals surface area contributed by atoms with E-state index in [1.165, 1.54) is 11.3 Å². The Morgan fingerprint density at radius 2 is 2.33 bits per heavy atom. The standard InChI is InChI=1S/C10H11N3O2/c1-11-10(14)13(2)7-3-4-8-9(5-7)15-6-12-8/h3-6H,1-2H3,(H,11,14). The maximum atomic E-state index is 11.4. The minimum absolute atomic E-state index is 0.172. The average Bonchev–Trinajstić information content (AvgIpc) is 2.73. The van der Waals surface area contributed by atoms with Gasteiger partial charge >= 0.3 is 6.03 Å². The fourth-order valence-electron chi connectivity index (χ4n) is 1.34. The van der Waals surface area contributed by atoms with Gasteiger partial charge < -0.3 is 9.73 Å². The van der Waals surface area contributed by atoms with Crippen molar-refractivity contribution in [1.29, 1.82) is 0 Å². The minimum Gasteiger partial charge on any atom is -0.443 e. The molecule has 78 valence electrons. The van der Waals surface area contributed by atoms with E-state index in [1.807, 2.05) is 12.1 Å². The predicted molar refractivity (Wildman–Crippen MR) is 56.9 cm³/mol. The highest BCUT2D eigenvalue weighted by atomic mass is 16.3. The summed E-state index contributed by atoms with van der Waals surface area (Å²) >= 11 is 0. The van der Waals surface area contributed by atoms with Crippen LogP contribution in [0.5, 0.6) is 0 Å². The second-order valence-electron chi connectivity index (χ2n) is 3.12. The molecule has 2 aromatic rings. The van der Waals surface area contributed by atoms with E-state index in [1.54, 1.807) is 20.2 Å². The Kier molecular flexibility index (Phi) is 2.29. The minimum atomic E-state index is -0.172. The maximum absolute atomic E-state index is 11.4.